The molecule has 16 heavy (non-hydrogen) atoms. The predicted octanol–water partition coefficient (Wildman–Crippen LogP) is 2.64. The SMILES string of the molecule is C=Cn1cc(CNc2cccc(Cl)n2)cn1. The molecule has 5 heteroatoms. The topological polar surface area (TPSA) is 42.7 Å². The monoisotopic (exact) mass is 234 g/mol. The Balaban J connectivity index is 1.99. The zero-order valence-electron chi connectivity index (χ0n) is 8.60. The van der Waals surface area contributed by atoms with Crippen LogP contribution >= 0.6 is 11.6 Å². The summed E-state index contributed by atoms with van der Waals surface area (Å²) in [6, 6.07) is 5.46. The Hall–Kier alpha value is -1.81. The van der Waals surface area contributed by atoms with Crippen LogP contribution in [0.3, 0.4) is 0 Å². The van der Waals surface area contributed by atoms with Gasteiger partial charge >= 0.3 is 0 Å². The number of nitrogens with one attached hydrogen (secondary N) is 1. The molecular weight excluding hydrogens is 224 g/mol. The van der Waals surface area contributed by atoms with Gasteiger partial charge in [0.2, 0.25) is 0 Å². The molecule has 0 bridgehead atoms. The standard InChI is InChI=1S/C11H11ClN4/c1-2-16-8-9(7-14-16)6-13-11-5-3-4-10(12)15-11/h2-5,7-8H,1,6H2,(H,13,15). The highest BCUT2D eigenvalue weighted by Gasteiger charge is 1.98. The van der Waals surface area contributed by atoms with Crippen molar-refractivity contribution in [3.05, 3.63) is 47.9 Å². The molecule has 4 nitrogen and oxygen atoms in total. The Morgan fingerprint density at radius 2 is 2.38 bits per heavy atom. The second-order valence-corrected chi connectivity index (χ2v) is 3.60. The van der Waals surface area contributed by atoms with E-state index in [1.807, 2.05) is 18.3 Å². The van der Waals surface area contributed by atoms with Crippen molar-refractivity contribution in [2.24, 2.45) is 0 Å². The Labute approximate surface area is 98.6 Å². The molecule has 2 rings (SSSR count). The molecule has 0 amide bonds. The van der Waals surface area contributed by atoms with Crippen molar-refractivity contribution in [3.63, 3.8) is 0 Å². The molecule has 0 radical (unpaired) electrons. The smallest absolute Gasteiger partial charge is 0.131 e. The molecule has 2 aromatic heterocycles. The maximum atomic E-state index is 5.77. The molecule has 0 aliphatic carbocycles. The van der Waals surface area contributed by atoms with Gasteiger partial charge in [-0.15, -0.1) is 0 Å². The van der Waals surface area contributed by atoms with Crippen molar-refractivity contribution in [3.8, 4) is 0 Å². The highest BCUT2D eigenvalue weighted by atomic mass is 35.5. The largest absolute Gasteiger partial charge is 0.366 e. The first kappa shape index (κ1) is 10.7. The fraction of sp³-hybridized carbons (Fsp3) is 0.0909. The third-order valence-corrected chi connectivity index (χ3v) is 2.24. The van der Waals surface area contributed by atoms with Crippen molar-refractivity contribution in [2.45, 2.75) is 6.54 Å². The molecule has 1 N–H and O–H groups in total. The zero-order valence-corrected chi connectivity index (χ0v) is 9.35. The van der Waals surface area contributed by atoms with Crippen LogP contribution in [0.4, 0.5) is 5.82 Å². The molecular formula is C11H11ClN4. The van der Waals surface area contributed by atoms with E-state index in [4.69, 9.17) is 11.6 Å². The Morgan fingerprint density at radius 3 is 3.06 bits per heavy atom. The Morgan fingerprint density at radius 1 is 1.50 bits per heavy atom. The van der Waals surface area contributed by atoms with Crippen LogP contribution in [0.25, 0.3) is 6.20 Å². The van der Waals surface area contributed by atoms with E-state index in [0.29, 0.717) is 11.7 Å². The van der Waals surface area contributed by atoms with Crippen LogP contribution in [0.2, 0.25) is 5.15 Å². The summed E-state index contributed by atoms with van der Waals surface area (Å²) in [7, 11) is 0. The number of anilines is 1. The number of halogens is 1. The second-order valence-electron chi connectivity index (χ2n) is 3.21. The normalized spacial score (nSPS) is 10.1. The van der Waals surface area contributed by atoms with Gasteiger partial charge in [0, 0.05) is 24.5 Å². The van der Waals surface area contributed by atoms with E-state index in [9.17, 15) is 0 Å². The van der Waals surface area contributed by atoms with Gasteiger partial charge in [0.15, 0.2) is 0 Å². The lowest BCUT2D eigenvalue weighted by Gasteiger charge is -2.03. The summed E-state index contributed by atoms with van der Waals surface area (Å²) >= 11 is 5.77. The molecule has 0 aliphatic heterocycles. The number of nitrogens with zero attached hydrogens (tertiary/aromatic N) is 3. The van der Waals surface area contributed by atoms with Crippen LogP contribution in [0.5, 0.6) is 0 Å². The first-order chi connectivity index (χ1) is 7.78. The molecule has 2 aromatic rings. The lowest BCUT2D eigenvalue weighted by molar-refractivity contribution is 0.936. The third kappa shape index (κ3) is 2.61. The van der Waals surface area contributed by atoms with Gasteiger partial charge in [-0.2, -0.15) is 5.10 Å². The van der Waals surface area contributed by atoms with Crippen molar-refractivity contribution in [1.29, 1.82) is 0 Å². The highest BCUT2D eigenvalue weighted by molar-refractivity contribution is 6.29. The minimum Gasteiger partial charge on any atom is -0.366 e. The second kappa shape index (κ2) is 4.81. The van der Waals surface area contributed by atoms with Gasteiger partial charge < -0.3 is 5.32 Å². The summed E-state index contributed by atoms with van der Waals surface area (Å²) in [6.45, 7) is 4.28. The summed E-state index contributed by atoms with van der Waals surface area (Å²) < 4.78 is 1.66. The minimum absolute atomic E-state index is 0.479. The number of hydrogen-bond acceptors (Lipinski definition) is 3. The van der Waals surface area contributed by atoms with Crippen LogP contribution in [0, 0.1) is 0 Å². The predicted molar refractivity (Wildman–Crippen MR) is 65.2 cm³/mol. The van der Waals surface area contributed by atoms with Gasteiger partial charge in [0.25, 0.3) is 0 Å². The Bertz CT molecular complexity index is 492. The van der Waals surface area contributed by atoms with Crippen LogP contribution in [-0.2, 0) is 6.54 Å². The number of aromatic nitrogens is 3. The van der Waals surface area contributed by atoms with Crippen LogP contribution in [0.1, 0.15) is 5.56 Å². The van der Waals surface area contributed by atoms with E-state index < -0.39 is 0 Å². The molecule has 0 saturated heterocycles. The molecule has 0 saturated carbocycles. The molecule has 0 spiro atoms. The van der Waals surface area contributed by atoms with Crippen LogP contribution < -0.4 is 5.32 Å². The summed E-state index contributed by atoms with van der Waals surface area (Å²) in [4.78, 5) is 4.12. The average Bonchev–Trinajstić information content (AvgIpc) is 2.74. The lowest BCUT2D eigenvalue weighted by atomic mass is 10.3. The van der Waals surface area contributed by atoms with E-state index in [1.54, 1.807) is 23.1 Å². The molecule has 0 fully saturated rings. The van der Waals surface area contributed by atoms with E-state index in [2.05, 4.69) is 22.0 Å². The van der Waals surface area contributed by atoms with E-state index in [1.165, 1.54) is 0 Å². The third-order valence-electron chi connectivity index (χ3n) is 2.03. The number of rotatable bonds is 4. The fourth-order valence-corrected chi connectivity index (χ4v) is 1.43. The average molecular weight is 235 g/mol. The number of pyridine rings is 1. The lowest BCUT2D eigenvalue weighted by Crippen LogP contribution is -2.00. The van der Waals surface area contributed by atoms with Gasteiger partial charge in [-0.05, 0) is 12.1 Å². The van der Waals surface area contributed by atoms with Gasteiger partial charge in [-0.1, -0.05) is 24.2 Å². The van der Waals surface area contributed by atoms with E-state index in [-0.39, 0.29) is 0 Å². The zero-order chi connectivity index (χ0) is 11.4. The summed E-state index contributed by atoms with van der Waals surface area (Å²) in [5.74, 6) is 0.749. The van der Waals surface area contributed by atoms with Crippen molar-refractivity contribution >= 4 is 23.6 Å². The maximum Gasteiger partial charge on any atom is 0.131 e. The summed E-state index contributed by atoms with van der Waals surface area (Å²) in [5.41, 5.74) is 1.06. The molecule has 0 unspecified atom stereocenters. The summed E-state index contributed by atoms with van der Waals surface area (Å²) in [5, 5.41) is 7.71. The molecule has 2 heterocycles. The van der Waals surface area contributed by atoms with E-state index >= 15 is 0 Å². The molecule has 0 aliphatic rings. The fourth-order valence-electron chi connectivity index (χ4n) is 1.27. The number of hydrogen-bond donors (Lipinski definition) is 1. The van der Waals surface area contributed by atoms with Gasteiger partial charge in [-0.3, -0.25) is 0 Å². The van der Waals surface area contributed by atoms with Crippen molar-refractivity contribution in [1.82, 2.24) is 14.8 Å². The van der Waals surface area contributed by atoms with Crippen molar-refractivity contribution < 1.29 is 0 Å². The van der Waals surface area contributed by atoms with E-state index in [0.717, 1.165) is 11.4 Å². The van der Waals surface area contributed by atoms with Crippen LogP contribution in [0.15, 0.2) is 37.2 Å². The molecule has 82 valence electrons. The minimum atomic E-state index is 0.479. The first-order valence-electron chi connectivity index (χ1n) is 4.80. The molecule has 0 aromatic carbocycles. The quantitative estimate of drug-likeness (QED) is 0.827. The van der Waals surface area contributed by atoms with Crippen LogP contribution in [-0.4, -0.2) is 14.8 Å². The molecule has 0 atom stereocenters. The highest BCUT2D eigenvalue weighted by Crippen LogP contribution is 2.10. The Kier molecular flexibility index (Phi) is 3.22. The van der Waals surface area contributed by atoms with Crippen molar-refractivity contribution in [2.75, 3.05) is 5.32 Å². The van der Waals surface area contributed by atoms with Gasteiger partial charge in [0.1, 0.15) is 11.0 Å². The first-order valence-corrected chi connectivity index (χ1v) is 5.18. The maximum absolute atomic E-state index is 5.77. The summed E-state index contributed by atoms with van der Waals surface area (Å²) in [6.07, 6.45) is 5.31. The van der Waals surface area contributed by atoms with Gasteiger partial charge in [-0.25, -0.2) is 9.67 Å². The van der Waals surface area contributed by atoms with Gasteiger partial charge in [0.05, 0.1) is 6.20 Å².